The van der Waals surface area contributed by atoms with Gasteiger partial charge in [0.1, 0.15) is 28.5 Å². The molecule has 4 rings (SSSR count). The van der Waals surface area contributed by atoms with E-state index in [2.05, 4.69) is 10.3 Å². The number of oxazole rings is 1. The van der Waals surface area contributed by atoms with Crippen LogP contribution in [0.3, 0.4) is 0 Å². The van der Waals surface area contributed by atoms with Crippen LogP contribution in [0, 0.1) is 0 Å². The van der Waals surface area contributed by atoms with Crippen LogP contribution in [0.4, 0.5) is 6.01 Å². The maximum absolute atomic E-state index is 6.03. The molecule has 0 aliphatic rings. The van der Waals surface area contributed by atoms with Crippen molar-refractivity contribution in [2.75, 3.05) is 33.8 Å². The normalized spacial score (nSPS) is 11.0. The average Bonchev–Trinajstić information content (AvgIpc) is 3.17. The first-order chi connectivity index (χ1) is 14.6. The number of nitrogens with one attached hydrogen (secondary N) is 1. The predicted molar refractivity (Wildman–Crippen MR) is 117 cm³/mol. The van der Waals surface area contributed by atoms with Gasteiger partial charge in [0.15, 0.2) is 5.58 Å². The van der Waals surface area contributed by atoms with E-state index in [0.717, 1.165) is 16.3 Å². The summed E-state index contributed by atoms with van der Waals surface area (Å²) in [4.78, 5) is 4.43. The Bertz CT molecular complexity index is 1220. The third kappa shape index (κ3) is 3.41. The number of hydrogen-bond donors (Lipinski definition) is 1. The highest BCUT2D eigenvalue weighted by atomic mass is 35.5. The van der Waals surface area contributed by atoms with Crippen molar-refractivity contribution < 1.29 is 23.4 Å². The largest absolute Gasteiger partial charge is 0.496 e. The summed E-state index contributed by atoms with van der Waals surface area (Å²) in [5.74, 6) is 2.60. The van der Waals surface area contributed by atoms with Crippen LogP contribution in [0.5, 0.6) is 23.0 Å². The van der Waals surface area contributed by atoms with Crippen molar-refractivity contribution in [3.8, 4) is 23.0 Å². The van der Waals surface area contributed by atoms with E-state index in [4.69, 9.17) is 35.0 Å². The van der Waals surface area contributed by atoms with E-state index in [1.165, 1.54) is 0 Å². The molecule has 0 saturated carbocycles. The molecule has 7 nitrogen and oxygen atoms in total. The second-order valence-corrected chi connectivity index (χ2v) is 6.91. The van der Waals surface area contributed by atoms with Crippen LogP contribution >= 0.6 is 11.6 Å². The zero-order chi connectivity index (χ0) is 21.3. The predicted octanol–water partition coefficient (Wildman–Crippen LogP) is 5.28. The molecule has 0 atom stereocenters. The van der Waals surface area contributed by atoms with E-state index in [-0.39, 0.29) is 0 Å². The van der Waals surface area contributed by atoms with Gasteiger partial charge >= 0.3 is 0 Å². The third-order valence-corrected chi connectivity index (χ3v) is 5.08. The number of nitrogens with zero attached hydrogens (tertiary/aromatic N) is 1. The Hall–Kier alpha value is -3.32. The monoisotopic (exact) mass is 428 g/mol. The summed E-state index contributed by atoms with van der Waals surface area (Å²) in [7, 11) is 6.46. The summed E-state index contributed by atoms with van der Waals surface area (Å²) in [6.07, 6.45) is 0. The minimum atomic E-state index is 0.381. The highest BCUT2D eigenvalue weighted by Gasteiger charge is 2.21. The van der Waals surface area contributed by atoms with Crippen LogP contribution in [-0.2, 0) is 6.54 Å². The average molecular weight is 429 g/mol. The van der Waals surface area contributed by atoms with Gasteiger partial charge in [0, 0.05) is 17.1 Å². The highest BCUT2D eigenvalue weighted by Crippen LogP contribution is 2.46. The lowest BCUT2D eigenvalue weighted by Crippen LogP contribution is -2.04. The molecule has 1 aromatic heterocycles. The van der Waals surface area contributed by atoms with E-state index in [1.54, 1.807) is 46.6 Å². The van der Waals surface area contributed by atoms with E-state index >= 15 is 0 Å². The molecule has 156 valence electrons. The van der Waals surface area contributed by atoms with Gasteiger partial charge in [0.25, 0.3) is 6.01 Å². The lowest BCUT2D eigenvalue weighted by atomic mass is 10.0. The van der Waals surface area contributed by atoms with Crippen molar-refractivity contribution in [2.45, 2.75) is 6.54 Å². The first-order valence-electron chi connectivity index (χ1n) is 9.18. The van der Waals surface area contributed by atoms with Crippen LogP contribution in [0.25, 0.3) is 21.9 Å². The lowest BCUT2D eigenvalue weighted by molar-refractivity contribution is 0.390. The van der Waals surface area contributed by atoms with E-state index in [0.29, 0.717) is 51.7 Å². The van der Waals surface area contributed by atoms with Crippen LogP contribution in [0.2, 0.25) is 5.02 Å². The van der Waals surface area contributed by atoms with Crippen molar-refractivity contribution in [2.24, 2.45) is 0 Å². The van der Waals surface area contributed by atoms with E-state index < -0.39 is 0 Å². The van der Waals surface area contributed by atoms with Crippen molar-refractivity contribution in [3.63, 3.8) is 0 Å². The minimum absolute atomic E-state index is 0.381. The van der Waals surface area contributed by atoms with Gasteiger partial charge in [-0.1, -0.05) is 11.6 Å². The van der Waals surface area contributed by atoms with Crippen molar-refractivity contribution in [1.82, 2.24) is 4.98 Å². The number of rotatable bonds is 7. The minimum Gasteiger partial charge on any atom is -0.496 e. The number of aromatic nitrogens is 1. The molecule has 0 aliphatic heterocycles. The highest BCUT2D eigenvalue weighted by molar-refractivity contribution is 6.31. The molecule has 0 bridgehead atoms. The Labute approximate surface area is 178 Å². The van der Waals surface area contributed by atoms with Crippen LogP contribution in [-0.4, -0.2) is 33.4 Å². The zero-order valence-electron chi connectivity index (χ0n) is 17.0. The van der Waals surface area contributed by atoms with Crippen molar-refractivity contribution in [3.05, 3.63) is 47.0 Å². The Kier molecular flexibility index (Phi) is 5.46. The first kappa shape index (κ1) is 20.0. The fourth-order valence-corrected chi connectivity index (χ4v) is 3.67. The molecular weight excluding hydrogens is 408 g/mol. The maximum Gasteiger partial charge on any atom is 0.295 e. The van der Waals surface area contributed by atoms with Gasteiger partial charge in [-0.15, -0.1) is 0 Å². The van der Waals surface area contributed by atoms with E-state index in [9.17, 15) is 0 Å². The van der Waals surface area contributed by atoms with E-state index in [1.807, 2.05) is 18.2 Å². The van der Waals surface area contributed by atoms with Gasteiger partial charge in [-0.05, 0) is 36.4 Å². The molecule has 30 heavy (non-hydrogen) atoms. The molecule has 4 aromatic rings. The smallest absolute Gasteiger partial charge is 0.295 e. The molecule has 0 fully saturated rings. The quantitative estimate of drug-likeness (QED) is 0.429. The summed E-state index contributed by atoms with van der Waals surface area (Å²) >= 11 is 6.03. The maximum atomic E-state index is 6.03. The third-order valence-electron chi connectivity index (χ3n) is 4.84. The van der Waals surface area contributed by atoms with Crippen LogP contribution in [0.15, 0.2) is 40.8 Å². The number of anilines is 1. The summed E-state index contributed by atoms with van der Waals surface area (Å²) < 4.78 is 28.3. The number of fused-ring (bicyclic) bond motifs is 2. The topological polar surface area (TPSA) is 75.0 Å². The second kappa shape index (κ2) is 8.20. The van der Waals surface area contributed by atoms with Gasteiger partial charge in [0.05, 0.1) is 39.2 Å². The van der Waals surface area contributed by atoms with Gasteiger partial charge < -0.3 is 28.7 Å². The van der Waals surface area contributed by atoms with Gasteiger partial charge in [0.2, 0.25) is 0 Å². The number of halogens is 1. The van der Waals surface area contributed by atoms with Crippen LogP contribution < -0.4 is 24.3 Å². The molecule has 1 heterocycles. The number of ether oxygens (including phenoxy) is 4. The molecule has 0 saturated heterocycles. The number of benzene rings is 3. The van der Waals surface area contributed by atoms with Gasteiger partial charge in [-0.3, -0.25) is 0 Å². The fourth-order valence-electron chi connectivity index (χ4n) is 3.50. The lowest BCUT2D eigenvalue weighted by Gasteiger charge is -2.19. The Balaban J connectivity index is 1.79. The molecule has 8 heteroatoms. The number of methoxy groups -OCH3 is 4. The summed E-state index contributed by atoms with van der Waals surface area (Å²) in [6, 6.07) is 11.3. The Morgan fingerprint density at radius 1 is 0.867 bits per heavy atom. The molecule has 0 amide bonds. The SMILES string of the molecule is COc1ccc(OC)c2c(OC)c(CNc3nc4cc(Cl)ccc4o3)cc(OC)c12. The number of hydrogen-bond acceptors (Lipinski definition) is 7. The molecular formula is C22H21ClN2O5. The summed E-state index contributed by atoms with van der Waals surface area (Å²) in [6.45, 7) is 0.385. The standard InChI is InChI=1S/C22H21ClN2O5/c1-26-16-7-8-17(27-2)20-19(16)18(28-3)9-12(21(20)29-4)11-24-22-25-14-10-13(23)5-6-15(14)30-22/h5-10H,11H2,1-4H3,(H,24,25). The van der Waals surface area contributed by atoms with Crippen molar-refractivity contribution >= 4 is 39.5 Å². The summed E-state index contributed by atoms with van der Waals surface area (Å²) in [5.41, 5.74) is 2.17. The van der Waals surface area contributed by atoms with Crippen molar-refractivity contribution in [1.29, 1.82) is 0 Å². The Morgan fingerprint density at radius 2 is 1.57 bits per heavy atom. The van der Waals surface area contributed by atoms with Gasteiger partial charge in [-0.25, -0.2) is 0 Å². The fraction of sp³-hybridized carbons (Fsp3) is 0.227. The second-order valence-electron chi connectivity index (χ2n) is 6.48. The summed E-state index contributed by atoms with van der Waals surface area (Å²) in [5, 5.41) is 5.34. The van der Waals surface area contributed by atoms with Gasteiger partial charge in [-0.2, -0.15) is 4.98 Å². The molecule has 3 aromatic carbocycles. The molecule has 0 spiro atoms. The molecule has 1 N–H and O–H groups in total. The zero-order valence-corrected chi connectivity index (χ0v) is 17.8. The molecule has 0 radical (unpaired) electrons. The Morgan fingerprint density at radius 3 is 2.23 bits per heavy atom. The molecule has 0 aliphatic carbocycles. The van der Waals surface area contributed by atoms with Crippen LogP contribution in [0.1, 0.15) is 5.56 Å². The molecule has 0 unspecified atom stereocenters. The first-order valence-corrected chi connectivity index (χ1v) is 9.56.